The number of hydrogen-bond acceptors (Lipinski definition) is 12. The van der Waals surface area contributed by atoms with Crippen LogP contribution in [0.2, 0.25) is 0 Å². The van der Waals surface area contributed by atoms with E-state index in [4.69, 9.17) is 0 Å². The molecule has 9 nitrogen and oxygen atoms in total. The maximum atomic E-state index is 12.7. The number of nitrogens with zero attached hydrogens (tertiary/aromatic N) is 3. The van der Waals surface area contributed by atoms with Crippen molar-refractivity contribution in [2.45, 2.75) is 46.5 Å². The first-order valence-corrected chi connectivity index (χ1v) is 21.6. The molecule has 1 unspecified atom stereocenters. The predicted octanol–water partition coefficient (Wildman–Crippen LogP) is 6.33. The monoisotopic (exact) mass is 756 g/mol. The highest BCUT2D eigenvalue weighted by Crippen LogP contribution is 2.45. The maximum absolute atomic E-state index is 12.7. The minimum Gasteiger partial charge on any atom is -0.363 e. The highest BCUT2D eigenvalue weighted by molar-refractivity contribution is 7.91. The standard InChI is InChI=1S/C15H21NOS.C11H12N2OS.C11H15NO3S2/c1-10-2-5-13(18-10)15(17)14(11-3-4-11)12-6-8-16-9-7-12;1-9-2-3-11(15-9)10(14)8-13-6-4-12-5-7-13;1-9-2-3-11(16-9)10(13)8-12-4-6-17(14,15)7-5-12/h2,5,11-12,14,16H,3-4,6-9H2,1H3;2-6H,7-8H2,1H3;2-3H,4-8H2,1H3. The Morgan fingerprint density at radius 1 is 0.780 bits per heavy atom. The lowest BCUT2D eigenvalue weighted by molar-refractivity contribution is 0.0827. The summed E-state index contributed by atoms with van der Waals surface area (Å²) in [6, 6.07) is 11.7. The lowest BCUT2D eigenvalue weighted by atomic mass is 9.79. The molecule has 1 atom stereocenters. The van der Waals surface area contributed by atoms with Gasteiger partial charge in [0.1, 0.15) is 0 Å². The summed E-state index contributed by atoms with van der Waals surface area (Å²) in [6.07, 6.45) is 10.2. The number of rotatable bonds is 10. The smallest absolute Gasteiger partial charge is 0.191 e. The number of ketones is 3. The van der Waals surface area contributed by atoms with Gasteiger partial charge in [-0.2, -0.15) is 0 Å². The summed E-state index contributed by atoms with van der Waals surface area (Å²) in [5, 5.41) is 3.40. The van der Waals surface area contributed by atoms with Crippen LogP contribution in [-0.4, -0.2) is 99.1 Å². The molecule has 0 radical (unpaired) electrons. The number of hydrogen-bond donors (Lipinski definition) is 1. The fourth-order valence-electron chi connectivity index (χ4n) is 6.35. The summed E-state index contributed by atoms with van der Waals surface area (Å²) < 4.78 is 22.5. The van der Waals surface area contributed by atoms with E-state index in [0.29, 0.717) is 56.3 Å². The molecule has 3 aromatic heterocycles. The largest absolute Gasteiger partial charge is 0.363 e. The first kappa shape index (κ1) is 38.4. The van der Waals surface area contributed by atoms with Crippen LogP contribution >= 0.6 is 34.0 Å². The highest BCUT2D eigenvalue weighted by Gasteiger charge is 2.41. The Hall–Kier alpha value is -2.81. The van der Waals surface area contributed by atoms with Gasteiger partial charge in [0.25, 0.3) is 0 Å². The quantitative estimate of drug-likeness (QED) is 0.239. The molecule has 0 spiro atoms. The topological polar surface area (TPSA) is 116 Å². The zero-order valence-corrected chi connectivity index (χ0v) is 32.4. The Morgan fingerprint density at radius 3 is 1.78 bits per heavy atom. The maximum Gasteiger partial charge on any atom is 0.191 e. The van der Waals surface area contributed by atoms with E-state index >= 15 is 0 Å². The second-order valence-electron chi connectivity index (χ2n) is 13.4. The molecule has 50 heavy (non-hydrogen) atoms. The van der Waals surface area contributed by atoms with Crippen LogP contribution in [0, 0.1) is 38.5 Å². The fourth-order valence-corrected chi connectivity index (χ4v) is 10.1. The Labute approximate surface area is 308 Å². The average molecular weight is 757 g/mol. The summed E-state index contributed by atoms with van der Waals surface area (Å²) >= 11 is 4.71. The van der Waals surface area contributed by atoms with E-state index in [1.54, 1.807) is 35.1 Å². The van der Waals surface area contributed by atoms with Crippen LogP contribution in [0.3, 0.4) is 0 Å². The first-order chi connectivity index (χ1) is 24.0. The summed E-state index contributed by atoms with van der Waals surface area (Å²) in [7, 11) is -2.86. The number of aryl methyl sites for hydroxylation is 3. The molecule has 3 fully saturated rings. The molecule has 2 saturated heterocycles. The van der Waals surface area contributed by atoms with Crippen LogP contribution in [0.4, 0.5) is 0 Å². The predicted molar refractivity (Wildman–Crippen MR) is 206 cm³/mol. The van der Waals surface area contributed by atoms with Crippen LogP contribution in [0.25, 0.3) is 0 Å². The van der Waals surface area contributed by atoms with Crippen LogP contribution < -0.4 is 5.32 Å². The van der Waals surface area contributed by atoms with Gasteiger partial charge in [0.05, 0.1) is 45.8 Å². The van der Waals surface area contributed by atoms with E-state index in [-0.39, 0.29) is 23.1 Å². The van der Waals surface area contributed by atoms with Crippen molar-refractivity contribution in [2.75, 3.05) is 57.3 Å². The number of carbonyl (C=O) groups excluding carboxylic acids is 3. The van der Waals surface area contributed by atoms with Gasteiger partial charge in [-0.05, 0) is 108 Å². The molecule has 6 heterocycles. The van der Waals surface area contributed by atoms with E-state index in [2.05, 4.69) is 23.3 Å². The van der Waals surface area contributed by atoms with E-state index in [0.717, 1.165) is 32.6 Å². The van der Waals surface area contributed by atoms with E-state index in [1.165, 1.54) is 46.8 Å². The summed E-state index contributed by atoms with van der Waals surface area (Å²) in [5.74, 6) is 2.65. The number of thiophene rings is 3. The number of Topliss-reactive ketones (excluding diaryl/α,β-unsaturated/α-hetero) is 3. The molecular formula is C37H48N4O5S4. The molecule has 0 bridgehead atoms. The van der Waals surface area contributed by atoms with Gasteiger partial charge in [-0.25, -0.2) is 8.42 Å². The molecule has 0 aromatic carbocycles. The number of piperidine rings is 1. The molecule has 1 saturated carbocycles. The third-order valence-electron chi connectivity index (χ3n) is 9.27. The minimum atomic E-state index is -2.86. The first-order valence-electron chi connectivity index (χ1n) is 17.3. The van der Waals surface area contributed by atoms with E-state index < -0.39 is 9.84 Å². The van der Waals surface area contributed by atoms with Gasteiger partial charge < -0.3 is 10.2 Å². The zero-order valence-electron chi connectivity index (χ0n) is 29.1. The third kappa shape index (κ3) is 11.6. The lowest BCUT2D eigenvalue weighted by Gasteiger charge is -2.29. The number of carbonyl (C=O) groups is 3. The normalized spacial score (nSPS) is 19.5. The van der Waals surface area contributed by atoms with Crippen molar-refractivity contribution in [3.63, 3.8) is 0 Å². The molecule has 3 aromatic rings. The van der Waals surface area contributed by atoms with Gasteiger partial charge in [0.2, 0.25) is 0 Å². The van der Waals surface area contributed by atoms with Crippen LogP contribution in [0.5, 0.6) is 0 Å². The Kier molecular flexibility index (Phi) is 13.9. The molecule has 0 amide bonds. The second kappa shape index (κ2) is 18.1. The van der Waals surface area contributed by atoms with Crippen LogP contribution in [0.15, 0.2) is 53.8 Å². The Bertz CT molecular complexity index is 1770. The van der Waals surface area contributed by atoms with Crippen molar-refractivity contribution < 1.29 is 22.8 Å². The van der Waals surface area contributed by atoms with E-state index in [1.807, 2.05) is 60.2 Å². The third-order valence-corrected chi connectivity index (χ3v) is 14.0. The number of nitrogens with one attached hydrogen (secondary N) is 1. The average Bonchev–Trinajstić information content (AvgIpc) is 3.43. The summed E-state index contributed by atoms with van der Waals surface area (Å²) in [6.45, 7) is 10.7. The molecule has 270 valence electrons. The van der Waals surface area contributed by atoms with Gasteiger partial charge in [-0.1, -0.05) is 0 Å². The van der Waals surface area contributed by atoms with E-state index in [9.17, 15) is 22.8 Å². The number of sulfone groups is 1. The van der Waals surface area contributed by atoms with Crippen LogP contribution in [0.1, 0.15) is 69.3 Å². The van der Waals surface area contributed by atoms with Crippen molar-refractivity contribution in [3.05, 3.63) is 78.1 Å². The van der Waals surface area contributed by atoms with Gasteiger partial charge in [-0.15, -0.1) is 34.0 Å². The second-order valence-corrected chi connectivity index (χ2v) is 19.5. The Morgan fingerprint density at radius 2 is 1.30 bits per heavy atom. The van der Waals surface area contributed by atoms with Crippen molar-refractivity contribution in [1.82, 2.24) is 15.1 Å². The minimum absolute atomic E-state index is 0.0856. The van der Waals surface area contributed by atoms with Crippen molar-refractivity contribution in [2.24, 2.45) is 22.7 Å². The summed E-state index contributed by atoms with van der Waals surface area (Å²) in [4.78, 5) is 50.4. The molecule has 7 rings (SSSR count). The molecular weight excluding hydrogens is 709 g/mol. The van der Waals surface area contributed by atoms with Gasteiger partial charge in [-0.3, -0.25) is 24.3 Å². The van der Waals surface area contributed by atoms with Crippen molar-refractivity contribution in [1.29, 1.82) is 0 Å². The van der Waals surface area contributed by atoms with Gasteiger partial charge >= 0.3 is 0 Å². The lowest BCUT2D eigenvalue weighted by Crippen LogP contribution is -2.42. The molecule has 1 aliphatic carbocycles. The van der Waals surface area contributed by atoms with Crippen molar-refractivity contribution >= 4 is 67.4 Å². The SMILES string of the molecule is Cc1ccc(C(=O)C(C2CCNCC2)C2CC2)s1.Cc1ccc(C(=O)CN2C=CN=CC2)s1.Cc1ccc(C(=O)CN2CCS(=O)(=O)CC2)s1. The molecule has 13 heteroatoms. The van der Waals surface area contributed by atoms with Crippen molar-refractivity contribution in [3.8, 4) is 0 Å². The fraction of sp³-hybridized carbons (Fsp3) is 0.514. The zero-order chi connectivity index (χ0) is 35.7. The molecule has 3 aliphatic heterocycles. The Balaban J connectivity index is 0.000000146. The molecule has 4 aliphatic rings. The molecule has 1 N–H and O–H groups in total. The highest BCUT2D eigenvalue weighted by atomic mass is 32.2. The van der Waals surface area contributed by atoms with Gasteiger partial charge in [0.15, 0.2) is 27.2 Å². The number of aliphatic imine (C=N–C) groups is 1. The van der Waals surface area contributed by atoms with Gasteiger partial charge in [0, 0.05) is 52.3 Å². The van der Waals surface area contributed by atoms with Crippen LogP contribution in [-0.2, 0) is 9.84 Å². The summed E-state index contributed by atoms with van der Waals surface area (Å²) in [5.41, 5.74) is 0.